The van der Waals surface area contributed by atoms with E-state index in [-0.39, 0.29) is 35.8 Å². The van der Waals surface area contributed by atoms with E-state index in [0.29, 0.717) is 11.7 Å². The highest BCUT2D eigenvalue weighted by Gasteiger charge is 2.26. The van der Waals surface area contributed by atoms with E-state index in [1.807, 2.05) is 4.90 Å². The fourth-order valence-electron chi connectivity index (χ4n) is 3.72. The third-order valence-electron chi connectivity index (χ3n) is 5.15. The second-order valence-corrected chi connectivity index (χ2v) is 7.62. The van der Waals surface area contributed by atoms with Crippen LogP contribution >= 0.6 is 24.0 Å². The van der Waals surface area contributed by atoms with Gasteiger partial charge >= 0.3 is 0 Å². The number of morpholine rings is 1. The Hall–Kier alpha value is -1.20. The molecule has 2 atom stereocenters. The normalized spacial score (nSPS) is 21.6. The number of halogens is 2. The molecule has 2 N–H and O–H groups in total. The summed E-state index contributed by atoms with van der Waals surface area (Å²) in [5.74, 6) is 1.49. The molecule has 9 heteroatoms. The summed E-state index contributed by atoms with van der Waals surface area (Å²) in [6.45, 7) is 12.1. The van der Waals surface area contributed by atoms with Gasteiger partial charge in [-0.1, -0.05) is 6.92 Å². The lowest BCUT2D eigenvalue weighted by molar-refractivity contribution is 0.0323. The number of rotatable bonds is 7. The third kappa shape index (κ3) is 7.53. The van der Waals surface area contributed by atoms with Gasteiger partial charge in [-0.3, -0.25) is 9.89 Å². The largest absolute Gasteiger partial charge is 0.379 e. The van der Waals surface area contributed by atoms with E-state index in [4.69, 9.17) is 9.73 Å². The Morgan fingerprint density at radius 3 is 2.90 bits per heavy atom. The summed E-state index contributed by atoms with van der Waals surface area (Å²) < 4.78 is 19.4. The maximum atomic E-state index is 14.0. The number of nitrogens with zero attached hydrogens (tertiary/aromatic N) is 4. The number of guanidine groups is 1. The third-order valence-corrected chi connectivity index (χ3v) is 5.15. The highest BCUT2D eigenvalue weighted by Crippen LogP contribution is 2.20. The predicted molar refractivity (Wildman–Crippen MR) is 126 cm³/mol. The van der Waals surface area contributed by atoms with Crippen LogP contribution in [0, 0.1) is 11.7 Å². The SMILES string of the molecule is CCNC(=NCC(C)CN1CCOCC1)NC1CCN(c2ncccc2F)C1.I. The number of anilines is 1. The molecule has 1 aromatic rings. The van der Waals surface area contributed by atoms with Crippen molar-refractivity contribution in [3.63, 3.8) is 0 Å². The second-order valence-electron chi connectivity index (χ2n) is 7.62. The van der Waals surface area contributed by atoms with Crippen LogP contribution in [-0.4, -0.2) is 80.9 Å². The van der Waals surface area contributed by atoms with Crippen molar-refractivity contribution in [2.24, 2.45) is 10.9 Å². The molecule has 0 saturated carbocycles. The van der Waals surface area contributed by atoms with Crippen molar-refractivity contribution in [3.05, 3.63) is 24.1 Å². The number of aliphatic imine (C=N–C) groups is 1. The zero-order chi connectivity index (χ0) is 19.8. The molecule has 2 saturated heterocycles. The lowest BCUT2D eigenvalue weighted by Gasteiger charge is -2.28. The molecule has 1 aromatic heterocycles. The molecule has 29 heavy (non-hydrogen) atoms. The number of aromatic nitrogens is 1. The van der Waals surface area contributed by atoms with Crippen LogP contribution in [-0.2, 0) is 4.74 Å². The van der Waals surface area contributed by atoms with E-state index in [9.17, 15) is 4.39 Å². The Morgan fingerprint density at radius 2 is 2.17 bits per heavy atom. The zero-order valence-electron chi connectivity index (χ0n) is 17.4. The van der Waals surface area contributed by atoms with E-state index in [1.54, 1.807) is 12.3 Å². The molecule has 2 aliphatic rings. The van der Waals surface area contributed by atoms with Crippen molar-refractivity contribution < 1.29 is 9.13 Å². The maximum absolute atomic E-state index is 14.0. The van der Waals surface area contributed by atoms with Crippen LogP contribution < -0.4 is 15.5 Å². The summed E-state index contributed by atoms with van der Waals surface area (Å²) in [6.07, 6.45) is 2.57. The molecule has 0 bridgehead atoms. The Bertz CT molecular complexity index is 643. The van der Waals surface area contributed by atoms with Gasteiger partial charge < -0.3 is 20.3 Å². The minimum atomic E-state index is -0.263. The van der Waals surface area contributed by atoms with Gasteiger partial charge in [-0.05, 0) is 31.4 Å². The molecule has 2 unspecified atom stereocenters. The molecule has 0 spiro atoms. The maximum Gasteiger partial charge on any atom is 0.191 e. The van der Waals surface area contributed by atoms with Crippen LogP contribution in [0.3, 0.4) is 0 Å². The molecule has 3 rings (SSSR count). The van der Waals surface area contributed by atoms with Gasteiger partial charge in [-0.25, -0.2) is 9.37 Å². The van der Waals surface area contributed by atoms with E-state index in [0.717, 1.165) is 71.4 Å². The van der Waals surface area contributed by atoms with Gasteiger partial charge in [0.15, 0.2) is 17.6 Å². The van der Waals surface area contributed by atoms with Crippen molar-refractivity contribution in [3.8, 4) is 0 Å². The Kier molecular flexibility index (Phi) is 10.4. The molecule has 7 nitrogen and oxygen atoms in total. The Morgan fingerprint density at radius 1 is 1.38 bits per heavy atom. The summed E-state index contributed by atoms with van der Waals surface area (Å²) in [5.41, 5.74) is 0. The Balaban J connectivity index is 0.00000300. The van der Waals surface area contributed by atoms with Crippen LogP contribution in [0.25, 0.3) is 0 Å². The summed E-state index contributed by atoms with van der Waals surface area (Å²) in [4.78, 5) is 13.4. The lowest BCUT2D eigenvalue weighted by Crippen LogP contribution is -2.45. The summed E-state index contributed by atoms with van der Waals surface area (Å²) in [5, 5.41) is 6.84. The van der Waals surface area contributed by atoms with E-state index in [2.05, 4.69) is 34.4 Å². The van der Waals surface area contributed by atoms with Gasteiger partial charge in [0.05, 0.1) is 13.2 Å². The van der Waals surface area contributed by atoms with Gasteiger partial charge in [-0.15, -0.1) is 24.0 Å². The van der Waals surface area contributed by atoms with Crippen LogP contribution in [0.1, 0.15) is 20.3 Å². The summed E-state index contributed by atoms with van der Waals surface area (Å²) >= 11 is 0. The molecule has 0 aliphatic carbocycles. The highest BCUT2D eigenvalue weighted by molar-refractivity contribution is 14.0. The predicted octanol–water partition coefficient (Wildman–Crippen LogP) is 1.94. The van der Waals surface area contributed by atoms with Crippen molar-refractivity contribution in [1.82, 2.24) is 20.5 Å². The fraction of sp³-hybridized carbons (Fsp3) is 0.700. The molecular weight excluding hydrogens is 486 g/mol. The van der Waals surface area contributed by atoms with Crippen LogP contribution in [0.15, 0.2) is 23.3 Å². The minimum absolute atomic E-state index is 0. The average Bonchev–Trinajstić information content (AvgIpc) is 3.16. The van der Waals surface area contributed by atoms with E-state index < -0.39 is 0 Å². The van der Waals surface area contributed by atoms with Gasteiger partial charge in [0, 0.05) is 58.1 Å². The molecule has 3 heterocycles. The molecule has 2 fully saturated rings. The topological polar surface area (TPSA) is 65.0 Å². The van der Waals surface area contributed by atoms with Crippen LogP contribution in [0.4, 0.5) is 10.2 Å². The summed E-state index contributed by atoms with van der Waals surface area (Å²) in [7, 11) is 0. The summed E-state index contributed by atoms with van der Waals surface area (Å²) in [6, 6.07) is 3.32. The number of nitrogens with one attached hydrogen (secondary N) is 2. The number of hydrogen-bond acceptors (Lipinski definition) is 5. The van der Waals surface area contributed by atoms with Crippen molar-refractivity contribution in [2.75, 3.05) is 63.9 Å². The molecule has 0 radical (unpaired) electrons. The second kappa shape index (κ2) is 12.5. The number of ether oxygens (including phenoxy) is 1. The highest BCUT2D eigenvalue weighted by atomic mass is 127. The van der Waals surface area contributed by atoms with Crippen molar-refractivity contribution >= 4 is 35.8 Å². The first-order chi connectivity index (χ1) is 13.7. The molecule has 0 amide bonds. The first kappa shape index (κ1) is 24.1. The van der Waals surface area contributed by atoms with Gasteiger partial charge in [0.25, 0.3) is 0 Å². The molecule has 164 valence electrons. The minimum Gasteiger partial charge on any atom is -0.379 e. The molecular formula is C20H34FIN6O. The van der Waals surface area contributed by atoms with Gasteiger partial charge in [0.1, 0.15) is 0 Å². The average molecular weight is 520 g/mol. The quantitative estimate of drug-likeness (QED) is 0.326. The first-order valence-corrected chi connectivity index (χ1v) is 10.4. The standard InChI is InChI=1S/C20H33FN6O.HI/c1-3-22-20(24-13-16(2)14-26-9-11-28-12-10-26)25-17-6-8-27(15-17)19-18(21)5-4-7-23-19;/h4-5,7,16-17H,3,6,8-15H2,1-2H3,(H2,22,24,25);1H. The fourth-order valence-corrected chi connectivity index (χ4v) is 3.72. The van der Waals surface area contributed by atoms with Crippen LogP contribution in [0.5, 0.6) is 0 Å². The number of pyridine rings is 1. The van der Waals surface area contributed by atoms with E-state index in [1.165, 1.54) is 6.07 Å². The molecule has 2 aliphatic heterocycles. The Labute approximate surface area is 190 Å². The first-order valence-electron chi connectivity index (χ1n) is 10.4. The van der Waals surface area contributed by atoms with Crippen molar-refractivity contribution in [1.29, 1.82) is 0 Å². The monoisotopic (exact) mass is 520 g/mol. The molecule has 0 aromatic carbocycles. The van der Waals surface area contributed by atoms with Gasteiger partial charge in [-0.2, -0.15) is 0 Å². The number of hydrogen-bond donors (Lipinski definition) is 2. The van der Waals surface area contributed by atoms with E-state index >= 15 is 0 Å². The smallest absolute Gasteiger partial charge is 0.191 e. The zero-order valence-corrected chi connectivity index (χ0v) is 19.8. The van der Waals surface area contributed by atoms with Crippen LogP contribution in [0.2, 0.25) is 0 Å². The van der Waals surface area contributed by atoms with Gasteiger partial charge in [0.2, 0.25) is 0 Å². The lowest BCUT2D eigenvalue weighted by atomic mass is 10.1. The van der Waals surface area contributed by atoms with Crippen molar-refractivity contribution in [2.45, 2.75) is 26.3 Å².